The largest absolute Gasteiger partial charge is 0.477 e. The minimum absolute atomic E-state index is 0.00285. The maximum Gasteiger partial charge on any atom is 0.353 e. The summed E-state index contributed by atoms with van der Waals surface area (Å²) in [5, 5.41) is 13.6. The van der Waals surface area contributed by atoms with E-state index >= 15 is 0 Å². The molecule has 2 amide bonds. The predicted molar refractivity (Wildman–Crippen MR) is 153 cm³/mol. The second kappa shape index (κ2) is 26.9. The third kappa shape index (κ3) is 24.5. The van der Waals surface area contributed by atoms with E-state index in [1.807, 2.05) is 12.2 Å². The van der Waals surface area contributed by atoms with E-state index in [0.717, 1.165) is 51.4 Å². The van der Waals surface area contributed by atoms with E-state index < -0.39 is 11.9 Å². The molecule has 0 rings (SSSR count). The van der Waals surface area contributed by atoms with Crippen molar-refractivity contribution in [3.8, 4) is 0 Å². The van der Waals surface area contributed by atoms with Gasteiger partial charge in [-0.3, -0.25) is 9.59 Å². The van der Waals surface area contributed by atoms with Crippen LogP contribution in [0.5, 0.6) is 0 Å². The molecule has 0 unspecified atom stereocenters. The van der Waals surface area contributed by atoms with Gasteiger partial charge >= 0.3 is 11.9 Å². The van der Waals surface area contributed by atoms with Crippen LogP contribution in [0.2, 0.25) is 0 Å². The predicted octanol–water partition coefficient (Wildman–Crippen LogP) is 6.49. The lowest BCUT2D eigenvalue weighted by atomic mass is 10.1. The van der Waals surface area contributed by atoms with E-state index in [4.69, 9.17) is 5.11 Å². The van der Waals surface area contributed by atoms with Crippen molar-refractivity contribution in [1.29, 1.82) is 0 Å². The van der Waals surface area contributed by atoms with Crippen molar-refractivity contribution in [2.45, 2.75) is 110 Å². The molecule has 0 atom stereocenters. The SMILES string of the molecule is C=CCCCCCCCCC(=O)NC(=C)C(=O)OC.C=CCCCCCCCCC(=O)NC(=CC)C(=O)O. The van der Waals surface area contributed by atoms with Gasteiger partial charge in [0.15, 0.2) is 0 Å². The van der Waals surface area contributed by atoms with Crippen LogP contribution < -0.4 is 10.6 Å². The molecule has 0 aliphatic rings. The third-order valence-corrected chi connectivity index (χ3v) is 5.64. The van der Waals surface area contributed by atoms with E-state index in [9.17, 15) is 19.2 Å². The zero-order valence-corrected chi connectivity index (χ0v) is 23.7. The Morgan fingerprint density at radius 3 is 1.47 bits per heavy atom. The Kier molecular flexibility index (Phi) is 26.2. The number of hydrogen-bond donors (Lipinski definition) is 3. The Bertz CT molecular complexity index is 758. The van der Waals surface area contributed by atoms with Gasteiger partial charge in [-0.2, -0.15) is 0 Å². The number of hydrogen-bond acceptors (Lipinski definition) is 5. The average Bonchev–Trinajstić information content (AvgIpc) is 2.89. The highest BCUT2D eigenvalue weighted by atomic mass is 16.5. The topological polar surface area (TPSA) is 122 Å². The van der Waals surface area contributed by atoms with Crippen LogP contribution in [0.3, 0.4) is 0 Å². The van der Waals surface area contributed by atoms with Crippen molar-refractivity contribution in [1.82, 2.24) is 10.6 Å². The Morgan fingerprint density at radius 2 is 1.11 bits per heavy atom. The van der Waals surface area contributed by atoms with Gasteiger partial charge in [-0.05, 0) is 45.4 Å². The van der Waals surface area contributed by atoms with Gasteiger partial charge in [-0.25, -0.2) is 9.59 Å². The molecule has 8 nitrogen and oxygen atoms in total. The Morgan fingerprint density at radius 1 is 0.711 bits per heavy atom. The molecule has 0 aromatic rings. The molecule has 0 aliphatic carbocycles. The molecular formula is C30H50N2O6. The molecule has 0 fully saturated rings. The Hall–Kier alpha value is -3.16. The zero-order chi connectivity index (χ0) is 29.0. The van der Waals surface area contributed by atoms with Crippen LogP contribution in [0.4, 0.5) is 0 Å². The number of carboxylic acid groups (broad SMARTS) is 1. The van der Waals surface area contributed by atoms with E-state index in [1.54, 1.807) is 6.92 Å². The number of unbranched alkanes of at least 4 members (excludes halogenated alkanes) is 12. The van der Waals surface area contributed by atoms with E-state index in [1.165, 1.54) is 51.7 Å². The molecule has 0 bridgehead atoms. The van der Waals surface area contributed by atoms with Gasteiger partial charge in [0.1, 0.15) is 11.4 Å². The van der Waals surface area contributed by atoms with Crippen LogP contribution in [0.25, 0.3) is 0 Å². The number of rotatable bonds is 22. The molecule has 0 radical (unpaired) electrons. The first-order chi connectivity index (χ1) is 18.2. The van der Waals surface area contributed by atoms with Crippen molar-refractivity contribution < 1.29 is 29.0 Å². The number of ether oxygens (including phenoxy) is 1. The van der Waals surface area contributed by atoms with Crippen molar-refractivity contribution in [3.05, 3.63) is 49.4 Å². The molecule has 0 saturated heterocycles. The Labute approximate surface area is 229 Å². The second-order valence-electron chi connectivity index (χ2n) is 8.97. The maximum absolute atomic E-state index is 11.5. The summed E-state index contributed by atoms with van der Waals surface area (Å²) in [5.74, 6) is -2.10. The molecule has 0 saturated carbocycles. The molecule has 3 N–H and O–H groups in total. The first-order valence-corrected chi connectivity index (χ1v) is 13.7. The van der Waals surface area contributed by atoms with Crippen LogP contribution in [0.15, 0.2) is 49.4 Å². The van der Waals surface area contributed by atoms with E-state index in [0.29, 0.717) is 12.8 Å². The fraction of sp³-hybridized carbons (Fsp3) is 0.600. The summed E-state index contributed by atoms with van der Waals surface area (Å²) in [7, 11) is 1.26. The number of esters is 1. The standard InChI is InChI=1S/2C15H25NO3/c1-4-5-6-7-8-9-10-11-12-14(17)16-13(2)15(18)19-3;1-3-5-6-7-8-9-10-11-12-14(17)16-13(4-2)15(18)19/h4H,1-2,5-12H2,3H3,(H,16,17);3-4H,1,5-12H2,2H3,(H,16,17)(H,18,19). The van der Waals surface area contributed by atoms with Gasteiger partial charge in [-0.1, -0.05) is 76.2 Å². The van der Waals surface area contributed by atoms with Gasteiger partial charge in [0, 0.05) is 12.8 Å². The number of carbonyl (C=O) groups is 4. The highest BCUT2D eigenvalue weighted by molar-refractivity contribution is 5.93. The first-order valence-electron chi connectivity index (χ1n) is 13.7. The highest BCUT2D eigenvalue weighted by Gasteiger charge is 2.10. The van der Waals surface area contributed by atoms with Gasteiger partial charge in [0.25, 0.3) is 0 Å². The lowest BCUT2D eigenvalue weighted by molar-refractivity contribution is -0.137. The lowest BCUT2D eigenvalue weighted by Gasteiger charge is -2.06. The summed E-state index contributed by atoms with van der Waals surface area (Å²) >= 11 is 0. The lowest BCUT2D eigenvalue weighted by Crippen LogP contribution is -2.27. The fourth-order valence-corrected chi connectivity index (χ4v) is 3.43. The summed E-state index contributed by atoms with van der Waals surface area (Å²) in [6.45, 7) is 12.4. The summed E-state index contributed by atoms with van der Waals surface area (Å²) in [6.07, 6.45) is 21.4. The normalized spacial score (nSPS) is 10.4. The maximum atomic E-state index is 11.5. The van der Waals surface area contributed by atoms with Crippen molar-refractivity contribution >= 4 is 23.8 Å². The van der Waals surface area contributed by atoms with E-state index in [2.05, 4.69) is 35.1 Å². The van der Waals surface area contributed by atoms with Crippen LogP contribution >= 0.6 is 0 Å². The van der Waals surface area contributed by atoms with E-state index in [-0.39, 0.29) is 23.2 Å². The molecule has 0 aromatic carbocycles. The average molecular weight is 535 g/mol. The summed E-state index contributed by atoms with van der Waals surface area (Å²) in [5.41, 5.74) is -0.0497. The quantitative estimate of drug-likeness (QED) is 0.0631. The fourth-order valence-electron chi connectivity index (χ4n) is 3.43. The Balaban J connectivity index is 0. The van der Waals surface area contributed by atoms with Gasteiger partial charge in [0.2, 0.25) is 11.8 Å². The number of amides is 2. The highest BCUT2D eigenvalue weighted by Crippen LogP contribution is 2.10. The third-order valence-electron chi connectivity index (χ3n) is 5.64. The number of allylic oxidation sites excluding steroid dienone is 3. The monoisotopic (exact) mass is 534 g/mol. The van der Waals surface area contributed by atoms with Crippen molar-refractivity contribution in [2.24, 2.45) is 0 Å². The van der Waals surface area contributed by atoms with Crippen LogP contribution in [0.1, 0.15) is 110 Å². The molecule has 0 spiro atoms. The van der Waals surface area contributed by atoms with Crippen LogP contribution in [-0.4, -0.2) is 36.0 Å². The van der Waals surface area contributed by atoms with Crippen molar-refractivity contribution in [2.75, 3.05) is 7.11 Å². The molecule has 0 aliphatic heterocycles. The molecule has 216 valence electrons. The number of methoxy groups -OCH3 is 1. The smallest absolute Gasteiger partial charge is 0.353 e. The summed E-state index contributed by atoms with van der Waals surface area (Å²) in [6, 6.07) is 0. The molecule has 8 heteroatoms. The van der Waals surface area contributed by atoms with Crippen LogP contribution in [0, 0.1) is 0 Å². The van der Waals surface area contributed by atoms with Gasteiger partial charge in [-0.15, -0.1) is 13.2 Å². The summed E-state index contributed by atoms with van der Waals surface area (Å²) < 4.78 is 4.44. The first kappa shape index (κ1) is 37.0. The number of nitrogens with one attached hydrogen (secondary N) is 2. The number of carbonyl (C=O) groups excluding carboxylic acids is 3. The minimum Gasteiger partial charge on any atom is -0.477 e. The number of carboxylic acids is 1. The number of aliphatic carboxylic acids is 1. The van der Waals surface area contributed by atoms with Crippen LogP contribution in [-0.2, 0) is 23.9 Å². The molecular weight excluding hydrogens is 484 g/mol. The zero-order valence-electron chi connectivity index (χ0n) is 23.7. The van der Waals surface area contributed by atoms with Crippen molar-refractivity contribution in [3.63, 3.8) is 0 Å². The van der Waals surface area contributed by atoms with Gasteiger partial charge in [0.05, 0.1) is 7.11 Å². The summed E-state index contributed by atoms with van der Waals surface area (Å²) in [4.78, 5) is 44.6. The second-order valence-corrected chi connectivity index (χ2v) is 8.97. The molecule has 38 heavy (non-hydrogen) atoms. The molecule has 0 aromatic heterocycles. The minimum atomic E-state index is -1.10. The molecule has 0 heterocycles. The van der Waals surface area contributed by atoms with Gasteiger partial charge < -0.3 is 20.5 Å².